The zero-order chi connectivity index (χ0) is 15.0. The van der Waals surface area contributed by atoms with Gasteiger partial charge in [0.2, 0.25) is 0 Å². The second-order valence-corrected chi connectivity index (χ2v) is 5.69. The molecule has 0 bridgehead atoms. The van der Waals surface area contributed by atoms with Gasteiger partial charge in [0, 0.05) is 24.7 Å². The van der Waals surface area contributed by atoms with E-state index in [-0.39, 0.29) is 5.56 Å². The van der Waals surface area contributed by atoms with Crippen LogP contribution in [0.2, 0.25) is 0 Å². The molecule has 0 radical (unpaired) electrons. The van der Waals surface area contributed by atoms with E-state index in [1.165, 1.54) is 0 Å². The summed E-state index contributed by atoms with van der Waals surface area (Å²) in [7, 11) is 0. The third kappa shape index (κ3) is 2.36. The van der Waals surface area contributed by atoms with Crippen molar-refractivity contribution >= 4 is 16.6 Å². The van der Waals surface area contributed by atoms with Gasteiger partial charge in [-0.1, -0.05) is 0 Å². The second kappa shape index (κ2) is 4.86. The molecule has 108 valence electrons. The molecule has 2 aromatic rings. The molecule has 0 spiro atoms. The molecule has 0 amide bonds. The fourth-order valence-corrected chi connectivity index (χ4v) is 2.77. The Morgan fingerprint density at radius 3 is 2.86 bits per heavy atom. The molecule has 6 heteroatoms. The van der Waals surface area contributed by atoms with Crippen LogP contribution in [0.4, 0.5) is 5.69 Å². The first-order valence-corrected chi connectivity index (χ1v) is 6.89. The van der Waals surface area contributed by atoms with Crippen LogP contribution < -0.4 is 10.5 Å². The second-order valence-electron chi connectivity index (χ2n) is 5.69. The van der Waals surface area contributed by atoms with Crippen LogP contribution in [-0.2, 0) is 0 Å². The number of H-pyrrole nitrogens is 1. The van der Waals surface area contributed by atoms with E-state index in [1.54, 1.807) is 18.5 Å². The van der Waals surface area contributed by atoms with E-state index in [4.69, 9.17) is 0 Å². The fourth-order valence-electron chi connectivity index (χ4n) is 2.77. The first-order chi connectivity index (χ1) is 10.0. The molecular weight excluding hydrogens is 268 g/mol. The number of piperidine rings is 1. The summed E-state index contributed by atoms with van der Waals surface area (Å²) in [5.74, 6) is 0. The molecule has 0 atom stereocenters. The summed E-state index contributed by atoms with van der Waals surface area (Å²) in [5.41, 5.74) is 0.311. The van der Waals surface area contributed by atoms with Crippen molar-refractivity contribution in [3.8, 4) is 6.07 Å². The lowest BCUT2D eigenvalue weighted by atomic mass is 9.93. The molecule has 3 heterocycles. The van der Waals surface area contributed by atoms with Gasteiger partial charge in [-0.25, -0.2) is 0 Å². The van der Waals surface area contributed by atoms with Gasteiger partial charge in [0.15, 0.2) is 0 Å². The summed E-state index contributed by atoms with van der Waals surface area (Å²) in [5, 5.41) is 20.2. The average Bonchev–Trinajstić information content (AvgIpc) is 2.46. The Hall–Kier alpha value is -2.39. The first-order valence-electron chi connectivity index (χ1n) is 6.89. The van der Waals surface area contributed by atoms with Crippen LogP contribution in [-0.4, -0.2) is 33.8 Å². The van der Waals surface area contributed by atoms with Crippen molar-refractivity contribution in [3.63, 3.8) is 0 Å². The highest BCUT2D eigenvalue weighted by atomic mass is 16.3. The molecule has 21 heavy (non-hydrogen) atoms. The standard InChI is InChI=1S/C15H16N4O2/c1-15(21)3-6-19(7-4-15)13-10-2-5-17-9-12(10)18-14(20)11(13)8-16/h2,5,9,21H,3-4,6-7H2,1H3,(H,18,20). The number of hydrogen-bond acceptors (Lipinski definition) is 5. The Bertz CT molecular complexity index is 778. The average molecular weight is 284 g/mol. The van der Waals surface area contributed by atoms with E-state index < -0.39 is 11.2 Å². The van der Waals surface area contributed by atoms with Crippen LogP contribution in [0.25, 0.3) is 10.9 Å². The van der Waals surface area contributed by atoms with Crippen molar-refractivity contribution in [2.75, 3.05) is 18.0 Å². The molecule has 6 nitrogen and oxygen atoms in total. The zero-order valence-corrected chi connectivity index (χ0v) is 11.8. The normalized spacial score (nSPS) is 17.7. The molecule has 1 saturated heterocycles. The van der Waals surface area contributed by atoms with Gasteiger partial charge < -0.3 is 15.0 Å². The maximum absolute atomic E-state index is 12.1. The summed E-state index contributed by atoms with van der Waals surface area (Å²) < 4.78 is 0. The van der Waals surface area contributed by atoms with Crippen LogP contribution in [0, 0.1) is 11.3 Å². The number of hydrogen-bond donors (Lipinski definition) is 2. The van der Waals surface area contributed by atoms with Gasteiger partial charge in [0.1, 0.15) is 11.6 Å². The van der Waals surface area contributed by atoms with Gasteiger partial charge in [0.05, 0.1) is 23.0 Å². The third-order valence-corrected chi connectivity index (χ3v) is 4.06. The van der Waals surface area contributed by atoms with Gasteiger partial charge in [0.25, 0.3) is 5.56 Å². The van der Waals surface area contributed by atoms with Crippen LogP contribution in [0.15, 0.2) is 23.3 Å². The number of fused-ring (bicyclic) bond motifs is 1. The fraction of sp³-hybridized carbons (Fsp3) is 0.400. The molecule has 0 unspecified atom stereocenters. The van der Waals surface area contributed by atoms with Gasteiger partial charge in [-0.05, 0) is 25.8 Å². The summed E-state index contributed by atoms with van der Waals surface area (Å²) in [6.45, 7) is 3.04. The number of aromatic nitrogens is 2. The number of nitrogens with one attached hydrogen (secondary N) is 1. The Labute approximate surface area is 121 Å². The molecule has 1 fully saturated rings. The minimum atomic E-state index is -0.679. The Balaban J connectivity index is 2.17. The van der Waals surface area contributed by atoms with Crippen molar-refractivity contribution in [2.45, 2.75) is 25.4 Å². The lowest BCUT2D eigenvalue weighted by Crippen LogP contribution is -2.43. The summed E-state index contributed by atoms with van der Waals surface area (Å²) in [6.07, 6.45) is 4.45. The van der Waals surface area contributed by atoms with Crippen molar-refractivity contribution in [1.82, 2.24) is 9.97 Å². The van der Waals surface area contributed by atoms with Crippen molar-refractivity contribution in [1.29, 1.82) is 5.26 Å². The maximum Gasteiger partial charge on any atom is 0.268 e. The molecule has 3 rings (SSSR count). The smallest absolute Gasteiger partial charge is 0.268 e. The Morgan fingerprint density at radius 1 is 1.48 bits per heavy atom. The topological polar surface area (TPSA) is 93.0 Å². The van der Waals surface area contributed by atoms with E-state index >= 15 is 0 Å². The molecule has 1 aliphatic rings. The van der Waals surface area contributed by atoms with E-state index in [2.05, 4.69) is 9.97 Å². The molecule has 2 N–H and O–H groups in total. The largest absolute Gasteiger partial charge is 0.390 e. The predicted octanol–water partition coefficient (Wildman–Crippen LogP) is 1.15. The number of aliphatic hydroxyl groups is 1. The highest BCUT2D eigenvalue weighted by Crippen LogP contribution is 2.31. The van der Waals surface area contributed by atoms with E-state index in [0.29, 0.717) is 37.1 Å². The molecule has 0 aliphatic carbocycles. The van der Waals surface area contributed by atoms with E-state index in [1.807, 2.05) is 17.9 Å². The number of pyridine rings is 2. The molecule has 1 aliphatic heterocycles. The number of aromatic amines is 1. The van der Waals surface area contributed by atoms with Gasteiger partial charge in [-0.15, -0.1) is 0 Å². The lowest BCUT2D eigenvalue weighted by Gasteiger charge is -2.37. The molecular formula is C15H16N4O2. The van der Waals surface area contributed by atoms with Crippen LogP contribution >= 0.6 is 0 Å². The predicted molar refractivity (Wildman–Crippen MR) is 79.1 cm³/mol. The van der Waals surface area contributed by atoms with E-state index in [0.717, 1.165) is 5.39 Å². The maximum atomic E-state index is 12.1. The monoisotopic (exact) mass is 284 g/mol. The molecule has 0 saturated carbocycles. The van der Waals surface area contributed by atoms with Crippen molar-refractivity contribution in [2.24, 2.45) is 0 Å². The Morgan fingerprint density at radius 2 is 2.19 bits per heavy atom. The highest BCUT2D eigenvalue weighted by Gasteiger charge is 2.29. The number of anilines is 1. The number of rotatable bonds is 1. The Kier molecular flexibility index (Phi) is 3.15. The lowest BCUT2D eigenvalue weighted by molar-refractivity contribution is 0.0352. The van der Waals surface area contributed by atoms with Gasteiger partial charge >= 0.3 is 0 Å². The number of nitrogens with zero attached hydrogens (tertiary/aromatic N) is 3. The summed E-state index contributed by atoms with van der Waals surface area (Å²) in [6, 6.07) is 3.81. The van der Waals surface area contributed by atoms with Crippen LogP contribution in [0.3, 0.4) is 0 Å². The summed E-state index contributed by atoms with van der Waals surface area (Å²) >= 11 is 0. The SMILES string of the molecule is CC1(O)CCN(c2c(C#N)c(=O)[nH]c3cnccc23)CC1. The minimum absolute atomic E-state index is 0.121. The number of nitriles is 1. The van der Waals surface area contributed by atoms with Crippen molar-refractivity contribution < 1.29 is 5.11 Å². The molecule has 2 aromatic heterocycles. The van der Waals surface area contributed by atoms with Crippen LogP contribution in [0.1, 0.15) is 25.3 Å². The van der Waals surface area contributed by atoms with E-state index in [9.17, 15) is 15.2 Å². The molecule has 0 aromatic carbocycles. The van der Waals surface area contributed by atoms with Crippen molar-refractivity contribution in [3.05, 3.63) is 34.4 Å². The van der Waals surface area contributed by atoms with Gasteiger partial charge in [-0.2, -0.15) is 5.26 Å². The van der Waals surface area contributed by atoms with Crippen LogP contribution in [0.5, 0.6) is 0 Å². The summed E-state index contributed by atoms with van der Waals surface area (Å²) in [4.78, 5) is 20.8. The van der Waals surface area contributed by atoms with Gasteiger partial charge in [-0.3, -0.25) is 9.78 Å². The minimum Gasteiger partial charge on any atom is -0.390 e. The third-order valence-electron chi connectivity index (χ3n) is 4.06. The highest BCUT2D eigenvalue weighted by molar-refractivity contribution is 5.93. The zero-order valence-electron chi connectivity index (χ0n) is 11.8. The first kappa shape index (κ1) is 13.6. The quantitative estimate of drug-likeness (QED) is 0.819.